The minimum Gasteiger partial charge on any atom is -0.497 e. The van der Waals surface area contributed by atoms with Gasteiger partial charge in [0.05, 0.1) is 53.1 Å². The summed E-state index contributed by atoms with van der Waals surface area (Å²) in [5.41, 5.74) is 4.85. The van der Waals surface area contributed by atoms with E-state index in [0.717, 1.165) is 42.8 Å². The number of nitrogens with zero attached hydrogens (tertiary/aromatic N) is 1. The molecular weight excluding hydrogens is 628 g/mol. The molecular formula is C38H48N2O9. The van der Waals surface area contributed by atoms with Crippen molar-refractivity contribution in [3.63, 3.8) is 0 Å². The second kappa shape index (κ2) is 15.4. The van der Waals surface area contributed by atoms with Crippen LogP contribution in [0.3, 0.4) is 0 Å². The number of aromatic amines is 1. The number of fused-ring (bicyclic) bond motifs is 6. The van der Waals surface area contributed by atoms with E-state index < -0.39 is 24.1 Å². The molecule has 1 N–H and O–H groups in total. The Kier molecular flexibility index (Phi) is 11.2. The maximum atomic E-state index is 13.5. The quantitative estimate of drug-likeness (QED) is 0.216. The summed E-state index contributed by atoms with van der Waals surface area (Å²) < 4.78 is 39.1. The first-order valence-corrected chi connectivity index (χ1v) is 16.4. The highest BCUT2D eigenvalue weighted by Gasteiger charge is 2.54. The van der Waals surface area contributed by atoms with Crippen LogP contribution in [0.2, 0.25) is 0 Å². The van der Waals surface area contributed by atoms with Gasteiger partial charge in [0.25, 0.3) is 0 Å². The number of ether oxygens (including phenoxy) is 7. The number of esters is 2. The predicted octanol–water partition coefficient (Wildman–Crippen LogP) is 5.92. The fourth-order valence-electron chi connectivity index (χ4n) is 7.76. The van der Waals surface area contributed by atoms with Crippen LogP contribution in [0.25, 0.3) is 10.9 Å². The van der Waals surface area contributed by atoms with Gasteiger partial charge in [-0.1, -0.05) is 24.8 Å². The number of nitrogens with one attached hydrogen (secondary N) is 1. The predicted molar refractivity (Wildman–Crippen MR) is 186 cm³/mol. The third kappa shape index (κ3) is 7.00. The number of hydrogen-bond acceptors (Lipinski definition) is 10. The lowest BCUT2D eigenvalue weighted by atomic mass is 9.63. The number of allylic oxidation sites excluding steroid dienone is 2. The SMILES string of the molecule is C=CC(=C)C.COC(=O)[C@H]1[C@H]2C[C@@H]3c4[nH]c5cc(OC)ccc5c4CCN3C[C@H]2C[C@@H](OC(=O)c2cc(OC)c(OC)c(OC)c2)[C@@H]1OC. The molecule has 6 atom stereocenters. The van der Waals surface area contributed by atoms with Crippen molar-refractivity contribution < 1.29 is 42.7 Å². The molecule has 1 aromatic heterocycles. The molecule has 0 radical (unpaired) electrons. The highest BCUT2D eigenvalue weighted by molar-refractivity contribution is 5.91. The van der Waals surface area contributed by atoms with E-state index in [0.29, 0.717) is 23.7 Å². The largest absolute Gasteiger partial charge is 0.497 e. The molecule has 3 heterocycles. The van der Waals surface area contributed by atoms with Gasteiger partial charge < -0.3 is 38.1 Å². The maximum Gasteiger partial charge on any atom is 0.338 e. The minimum absolute atomic E-state index is 0.0170. The third-order valence-electron chi connectivity index (χ3n) is 10.1. The average Bonchev–Trinajstić information content (AvgIpc) is 3.50. The molecule has 3 aromatic rings. The topological polar surface area (TPSA) is 118 Å². The van der Waals surface area contributed by atoms with Crippen molar-refractivity contribution >= 4 is 22.8 Å². The number of H-pyrrole nitrogens is 1. The second-order valence-corrected chi connectivity index (χ2v) is 12.7. The number of methoxy groups -OCH3 is 6. The van der Waals surface area contributed by atoms with Crippen LogP contribution in [-0.4, -0.2) is 89.8 Å². The van der Waals surface area contributed by atoms with E-state index in [1.165, 1.54) is 45.1 Å². The normalized spacial score (nSPS) is 24.1. The molecule has 0 spiro atoms. The van der Waals surface area contributed by atoms with E-state index in [1.807, 2.05) is 19.1 Å². The van der Waals surface area contributed by atoms with Gasteiger partial charge in [-0.3, -0.25) is 9.69 Å². The highest BCUT2D eigenvalue weighted by Crippen LogP contribution is 2.51. The number of rotatable bonds is 9. The van der Waals surface area contributed by atoms with Crippen molar-refractivity contribution in [3.8, 4) is 23.0 Å². The summed E-state index contributed by atoms with van der Waals surface area (Å²) in [6.07, 6.45) is 2.64. The summed E-state index contributed by atoms with van der Waals surface area (Å²) in [5.74, 6) is 0.441. The van der Waals surface area contributed by atoms with E-state index in [1.54, 1.807) is 32.4 Å². The van der Waals surface area contributed by atoms with Crippen LogP contribution in [0.1, 0.15) is 47.4 Å². The molecule has 0 amide bonds. The van der Waals surface area contributed by atoms with Crippen LogP contribution in [0.15, 0.2) is 55.1 Å². The van der Waals surface area contributed by atoms with Crippen molar-refractivity contribution in [1.29, 1.82) is 0 Å². The molecule has 264 valence electrons. The Morgan fingerprint density at radius 2 is 1.65 bits per heavy atom. The lowest BCUT2D eigenvalue weighted by Gasteiger charge is -2.52. The van der Waals surface area contributed by atoms with Crippen molar-refractivity contribution in [2.75, 3.05) is 55.7 Å². The first-order valence-electron chi connectivity index (χ1n) is 16.4. The van der Waals surface area contributed by atoms with Gasteiger partial charge in [0, 0.05) is 42.9 Å². The molecule has 2 aliphatic heterocycles. The summed E-state index contributed by atoms with van der Waals surface area (Å²) in [6.45, 7) is 10.6. The van der Waals surface area contributed by atoms with Crippen LogP contribution in [0.4, 0.5) is 0 Å². The fraction of sp³-hybridized carbons (Fsp3) is 0.474. The molecule has 6 rings (SSSR count). The average molecular weight is 677 g/mol. The lowest BCUT2D eigenvalue weighted by Crippen LogP contribution is -2.58. The Morgan fingerprint density at radius 3 is 2.22 bits per heavy atom. The van der Waals surface area contributed by atoms with Crippen molar-refractivity contribution in [2.45, 2.75) is 44.4 Å². The number of aromatic nitrogens is 1. The molecule has 3 aliphatic rings. The van der Waals surface area contributed by atoms with Crippen LogP contribution in [-0.2, 0) is 25.4 Å². The minimum atomic E-state index is -0.670. The Morgan fingerprint density at radius 1 is 0.959 bits per heavy atom. The zero-order valence-corrected chi connectivity index (χ0v) is 29.5. The standard InChI is InChI=1S/C33H40N2O9.C5H8/c1-38-19-7-8-20-21-9-10-35-16-18-13-27(44-32(36)17-11-25(39-2)30(41-4)26(12-17)40-3)31(42-5)28(33(37)43-6)22(18)15-24(35)29(21)34-23(20)14-19;1-4-5(2)3/h7-8,11-12,14,18,22,24,27-28,31,34H,9-10,13,15-16H2,1-6H3;4H,1-2H2,3H3/t18-,22+,24-,27-,28+,31+;/m1./s1. The fourth-order valence-corrected chi connectivity index (χ4v) is 7.76. The number of piperidine rings is 1. The van der Waals surface area contributed by atoms with Gasteiger partial charge in [-0.25, -0.2) is 4.79 Å². The van der Waals surface area contributed by atoms with Gasteiger partial charge in [-0.2, -0.15) is 0 Å². The number of hydrogen-bond donors (Lipinski definition) is 1. The summed E-state index contributed by atoms with van der Waals surface area (Å²) >= 11 is 0. The van der Waals surface area contributed by atoms with Gasteiger partial charge >= 0.3 is 11.9 Å². The van der Waals surface area contributed by atoms with E-state index in [2.05, 4.69) is 29.1 Å². The maximum absolute atomic E-state index is 13.5. The third-order valence-corrected chi connectivity index (χ3v) is 10.1. The molecule has 1 saturated heterocycles. The van der Waals surface area contributed by atoms with E-state index in [4.69, 9.17) is 33.2 Å². The molecule has 11 heteroatoms. The van der Waals surface area contributed by atoms with Gasteiger partial charge in [-0.05, 0) is 67.9 Å². The molecule has 1 aliphatic carbocycles. The first kappa shape index (κ1) is 35.8. The Bertz CT molecular complexity index is 1670. The van der Waals surface area contributed by atoms with E-state index in [-0.39, 0.29) is 29.4 Å². The van der Waals surface area contributed by atoms with Gasteiger partial charge in [0.1, 0.15) is 18.0 Å². The van der Waals surface area contributed by atoms with Crippen molar-refractivity contribution in [3.05, 3.63) is 72.0 Å². The van der Waals surface area contributed by atoms with E-state index in [9.17, 15) is 9.59 Å². The van der Waals surface area contributed by atoms with Gasteiger partial charge in [0.2, 0.25) is 5.75 Å². The summed E-state index contributed by atoms with van der Waals surface area (Å²) in [4.78, 5) is 33.1. The molecule has 2 fully saturated rings. The Balaban J connectivity index is 0.000000874. The van der Waals surface area contributed by atoms with Gasteiger partial charge in [0.15, 0.2) is 11.5 Å². The molecule has 11 nitrogen and oxygen atoms in total. The zero-order valence-electron chi connectivity index (χ0n) is 29.5. The zero-order chi connectivity index (χ0) is 35.4. The second-order valence-electron chi connectivity index (χ2n) is 12.7. The van der Waals surface area contributed by atoms with Crippen molar-refractivity contribution in [2.24, 2.45) is 17.8 Å². The molecule has 0 bridgehead atoms. The first-order chi connectivity index (χ1) is 23.6. The Labute approximate surface area is 288 Å². The summed E-state index contributed by atoms with van der Waals surface area (Å²) in [5, 5.41) is 1.21. The molecule has 1 saturated carbocycles. The van der Waals surface area contributed by atoms with Crippen molar-refractivity contribution in [1.82, 2.24) is 9.88 Å². The highest BCUT2D eigenvalue weighted by atomic mass is 16.6. The van der Waals surface area contributed by atoms with Gasteiger partial charge in [-0.15, -0.1) is 0 Å². The number of carbonyl (C=O) groups excluding carboxylic acids is 2. The van der Waals surface area contributed by atoms with Crippen LogP contribution < -0.4 is 18.9 Å². The number of carbonyl (C=O) groups is 2. The number of benzene rings is 2. The lowest BCUT2D eigenvalue weighted by molar-refractivity contribution is -0.176. The smallest absolute Gasteiger partial charge is 0.338 e. The molecule has 49 heavy (non-hydrogen) atoms. The van der Waals surface area contributed by atoms with Crippen LogP contribution >= 0.6 is 0 Å². The van der Waals surface area contributed by atoms with Crippen LogP contribution in [0, 0.1) is 17.8 Å². The monoisotopic (exact) mass is 676 g/mol. The van der Waals surface area contributed by atoms with Crippen LogP contribution in [0.5, 0.6) is 23.0 Å². The van der Waals surface area contributed by atoms with E-state index >= 15 is 0 Å². The molecule has 2 aromatic carbocycles. The summed E-state index contributed by atoms with van der Waals surface area (Å²) in [6, 6.07) is 9.40. The Hall–Kier alpha value is -4.48. The summed E-state index contributed by atoms with van der Waals surface area (Å²) in [7, 11) is 9.10. The molecule has 0 unspecified atom stereocenters.